The van der Waals surface area contributed by atoms with Gasteiger partial charge < -0.3 is 26.4 Å². The number of nitrogens with one attached hydrogen (secondary N) is 2. The zero-order valence-corrected chi connectivity index (χ0v) is 5.46. The van der Waals surface area contributed by atoms with Gasteiger partial charge in [-0.1, -0.05) is 6.07 Å². The SMILES string of the molecule is [B-]Nc1cccc(N[B-])c1. The van der Waals surface area contributed by atoms with Crippen molar-refractivity contribution in [2.24, 2.45) is 0 Å². The van der Waals surface area contributed by atoms with E-state index in [0.29, 0.717) is 0 Å². The van der Waals surface area contributed by atoms with E-state index in [9.17, 15) is 0 Å². The van der Waals surface area contributed by atoms with Crippen LogP contribution in [0, 0.1) is 0 Å². The van der Waals surface area contributed by atoms with Crippen molar-refractivity contribution >= 4 is 27.3 Å². The van der Waals surface area contributed by atoms with E-state index in [1.165, 1.54) is 0 Å². The summed E-state index contributed by atoms with van der Waals surface area (Å²) in [7, 11) is 10.3. The predicted molar refractivity (Wildman–Crippen MR) is 45.2 cm³/mol. The third-order valence-electron chi connectivity index (χ3n) is 1.20. The van der Waals surface area contributed by atoms with E-state index in [0.717, 1.165) is 11.4 Å². The molecule has 1 aromatic carbocycles. The van der Waals surface area contributed by atoms with Crippen molar-refractivity contribution in [1.29, 1.82) is 0 Å². The normalized spacial score (nSPS) is 9.00. The van der Waals surface area contributed by atoms with Gasteiger partial charge in [-0.2, -0.15) is 0 Å². The smallest absolute Gasteiger partial charge is 0.0115 e. The molecule has 10 heavy (non-hydrogen) atoms. The van der Waals surface area contributed by atoms with Crippen LogP contribution in [-0.4, -0.2) is 16.0 Å². The largest absolute Gasteiger partial charge is 0.661 e. The zero-order chi connectivity index (χ0) is 7.40. The fourth-order valence-corrected chi connectivity index (χ4v) is 0.699. The van der Waals surface area contributed by atoms with Crippen LogP contribution in [0.15, 0.2) is 24.3 Å². The van der Waals surface area contributed by atoms with Crippen LogP contribution in [0.5, 0.6) is 0 Å². The molecule has 0 amide bonds. The quantitative estimate of drug-likeness (QED) is 0.572. The lowest BCUT2D eigenvalue weighted by atomic mass is 10.2. The second kappa shape index (κ2) is 3.20. The maximum atomic E-state index is 5.15. The highest BCUT2D eigenvalue weighted by molar-refractivity contribution is 6.17. The first-order valence-electron chi connectivity index (χ1n) is 2.90. The number of hydrogen-bond donors (Lipinski definition) is 2. The molecule has 0 unspecified atom stereocenters. The van der Waals surface area contributed by atoms with E-state index >= 15 is 0 Å². The fourth-order valence-electron chi connectivity index (χ4n) is 0.699. The van der Waals surface area contributed by atoms with Crippen molar-refractivity contribution in [1.82, 2.24) is 0 Å². The monoisotopic (exact) mass is 128 g/mol. The summed E-state index contributed by atoms with van der Waals surface area (Å²) in [5, 5.41) is 5.01. The lowest BCUT2D eigenvalue weighted by molar-refractivity contribution is 1.65. The summed E-state index contributed by atoms with van der Waals surface area (Å²) in [5.41, 5.74) is 1.66. The Morgan fingerprint density at radius 2 is 1.50 bits per heavy atom. The third-order valence-corrected chi connectivity index (χ3v) is 1.20. The van der Waals surface area contributed by atoms with Gasteiger partial charge in [-0.15, -0.1) is 0 Å². The summed E-state index contributed by atoms with van der Waals surface area (Å²) in [6.45, 7) is 0. The molecule has 0 aromatic heterocycles. The van der Waals surface area contributed by atoms with Gasteiger partial charge in [0.1, 0.15) is 0 Å². The lowest BCUT2D eigenvalue weighted by Gasteiger charge is -2.17. The molecule has 0 saturated heterocycles. The Morgan fingerprint density at radius 1 is 1.00 bits per heavy atom. The van der Waals surface area contributed by atoms with Crippen LogP contribution < -0.4 is 10.5 Å². The Hall–Kier alpha value is -1.05. The molecule has 48 valence electrons. The molecule has 6 radical (unpaired) electrons. The summed E-state index contributed by atoms with van der Waals surface area (Å²) < 4.78 is 0. The third kappa shape index (κ3) is 1.47. The molecule has 2 nitrogen and oxygen atoms in total. The molecule has 0 heterocycles. The Bertz CT molecular complexity index is 195. The van der Waals surface area contributed by atoms with Crippen molar-refractivity contribution < 1.29 is 0 Å². The van der Waals surface area contributed by atoms with Gasteiger partial charge in [0.2, 0.25) is 0 Å². The number of anilines is 2. The summed E-state index contributed by atoms with van der Waals surface area (Å²) in [6, 6.07) is 7.35. The van der Waals surface area contributed by atoms with Gasteiger partial charge in [0, 0.05) is 0 Å². The molecule has 0 saturated carbocycles. The lowest BCUT2D eigenvalue weighted by Crippen LogP contribution is -1.93. The summed E-state index contributed by atoms with van der Waals surface area (Å²) in [4.78, 5) is 0. The Morgan fingerprint density at radius 3 is 1.90 bits per heavy atom. The molecule has 0 aliphatic heterocycles. The molecule has 1 aromatic rings. The fraction of sp³-hybridized carbons (Fsp3) is 0. The molecular weight excluding hydrogens is 122 g/mol. The minimum absolute atomic E-state index is 0.829. The number of rotatable bonds is 2. The van der Waals surface area contributed by atoms with Crippen molar-refractivity contribution in [2.45, 2.75) is 0 Å². The average Bonchev–Trinajstić information content (AvgIpc) is 2.05. The van der Waals surface area contributed by atoms with Gasteiger partial charge in [0.25, 0.3) is 0 Å². The van der Waals surface area contributed by atoms with Crippen molar-refractivity contribution in [3.63, 3.8) is 0 Å². The molecular formula is C6H6B2N2-2. The number of benzene rings is 1. The second-order valence-electron chi connectivity index (χ2n) is 1.87. The van der Waals surface area contributed by atoms with Gasteiger partial charge >= 0.3 is 0 Å². The highest BCUT2D eigenvalue weighted by atomic mass is 14.8. The van der Waals surface area contributed by atoms with E-state index in [1.807, 2.05) is 18.2 Å². The van der Waals surface area contributed by atoms with Crippen molar-refractivity contribution in [2.75, 3.05) is 10.5 Å². The van der Waals surface area contributed by atoms with Crippen molar-refractivity contribution in [3.8, 4) is 0 Å². The zero-order valence-electron chi connectivity index (χ0n) is 5.46. The topological polar surface area (TPSA) is 24.1 Å². The molecule has 0 bridgehead atoms. The Balaban J connectivity index is 2.87. The van der Waals surface area contributed by atoms with E-state index in [2.05, 4.69) is 10.5 Å². The van der Waals surface area contributed by atoms with Gasteiger partial charge in [0.15, 0.2) is 0 Å². The summed E-state index contributed by atoms with van der Waals surface area (Å²) >= 11 is 0. The van der Waals surface area contributed by atoms with Gasteiger partial charge in [-0.25, -0.2) is 0 Å². The van der Waals surface area contributed by atoms with Crippen LogP contribution in [0.4, 0.5) is 11.4 Å². The molecule has 0 spiro atoms. The summed E-state index contributed by atoms with van der Waals surface area (Å²) in [5.74, 6) is 0. The van der Waals surface area contributed by atoms with Crippen LogP contribution in [0.3, 0.4) is 0 Å². The van der Waals surface area contributed by atoms with Crippen LogP contribution in [-0.2, 0) is 0 Å². The molecule has 4 heteroatoms. The minimum Gasteiger partial charge on any atom is -0.661 e. The molecule has 1 rings (SSSR count). The molecule has 0 aliphatic rings. The first kappa shape index (κ1) is 7.06. The minimum atomic E-state index is 0.829. The van der Waals surface area contributed by atoms with Crippen molar-refractivity contribution in [3.05, 3.63) is 24.3 Å². The average molecular weight is 128 g/mol. The first-order valence-corrected chi connectivity index (χ1v) is 2.90. The highest BCUT2D eigenvalue weighted by Gasteiger charge is 1.81. The van der Waals surface area contributed by atoms with Crippen LogP contribution >= 0.6 is 0 Å². The van der Waals surface area contributed by atoms with Crippen LogP contribution in [0.25, 0.3) is 0 Å². The second-order valence-corrected chi connectivity index (χ2v) is 1.87. The standard InChI is InChI=1S/C6H6B2N2/c7-9-5-2-1-3-6(4-5)10-8/h1-4,9-10H/q-2. The highest BCUT2D eigenvalue weighted by Crippen LogP contribution is 2.12. The Kier molecular flexibility index (Phi) is 2.26. The predicted octanol–water partition coefficient (Wildman–Crippen LogP) is 0.677. The molecule has 2 N–H and O–H groups in total. The van der Waals surface area contributed by atoms with E-state index < -0.39 is 0 Å². The first-order chi connectivity index (χ1) is 4.86. The van der Waals surface area contributed by atoms with E-state index in [-0.39, 0.29) is 0 Å². The molecule has 0 atom stereocenters. The van der Waals surface area contributed by atoms with Crippen LogP contribution in [0.1, 0.15) is 0 Å². The maximum Gasteiger partial charge on any atom is -0.0115 e. The number of hydrogen-bond acceptors (Lipinski definition) is 2. The van der Waals surface area contributed by atoms with Gasteiger partial charge in [-0.05, 0) is 29.6 Å². The van der Waals surface area contributed by atoms with Gasteiger partial charge in [0.05, 0.1) is 0 Å². The summed E-state index contributed by atoms with van der Waals surface area (Å²) in [6.07, 6.45) is 0. The molecule has 0 fully saturated rings. The maximum absolute atomic E-state index is 5.15. The Labute approximate surface area is 62.9 Å². The van der Waals surface area contributed by atoms with Gasteiger partial charge in [-0.3, -0.25) is 0 Å². The van der Waals surface area contributed by atoms with E-state index in [1.54, 1.807) is 6.07 Å². The molecule has 0 aliphatic carbocycles. The van der Waals surface area contributed by atoms with Crippen LogP contribution in [0.2, 0.25) is 0 Å². The van der Waals surface area contributed by atoms with E-state index in [4.69, 9.17) is 16.0 Å².